The Bertz CT molecular complexity index is 789. The van der Waals surface area contributed by atoms with Crippen LogP contribution in [0.25, 0.3) is 0 Å². The Morgan fingerprint density at radius 2 is 2.05 bits per heavy atom. The van der Waals surface area contributed by atoms with Crippen molar-refractivity contribution in [1.82, 2.24) is 9.97 Å². The molecule has 0 fully saturated rings. The first-order valence-corrected chi connectivity index (χ1v) is 7.79. The minimum absolute atomic E-state index is 0.0324. The third-order valence-electron chi connectivity index (χ3n) is 3.13. The number of thioether (sulfide) groups is 1. The Morgan fingerprint density at radius 1 is 1.36 bits per heavy atom. The van der Waals surface area contributed by atoms with Gasteiger partial charge in [-0.25, -0.2) is 4.98 Å². The molecule has 0 unspecified atom stereocenters. The number of aryl methyl sites for hydroxylation is 2. The summed E-state index contributed by atoms with van der Waals surface area (Å²) in [6.45, 7) is 3.79. The quantitative estimate of drug-likeness (QED) is 0.520. The molecule has 0 aliphatic carbocycles. The zero-order valence-corrected chi connectivity index (χ0v) is 13.2. The van der Waals surface area contributed by atoms with E-state index < -0.39 is 5.56 Å². The number of hydrogen-bond donors (Lipinski definition) is 1. The number of Topliss-reactive ketones (excluding diaryl/α,β-unsaturated/α-hetero) is 1. The average molecular weight is 313 g/mol. The SMILES string of the molecule is CCc1nc(SCC(=O)c2ccc(C)cc2)[nH]c(=O)c1C#N. The molecule has 0 aliphatic heterocycles. The summed E-state index contributed by atoms with van der Waals surface area (Å²) in [5, 5.41) is 9.30. The molecule has 0 saturated carbocycles. The number of benzene rings is 1. The maximum Gasteiger partial charge on any atom is 0.269 e. The van der Waals surface area contributed by atoms with Crippen LogP contribution in [0.2, 0.25) is 0 Å². The molecule has 0 saturated heterocycles. The summed E-state index contributed by atoms with van der Waals surface area (Å²) in [6.07, 6.45) is 0.492. The van der Waals surface area contributed by atoms with Crippen LogP contribution < -0.4 is 5.56 Å². The monoisotopic (exact) mass is 313 g/mol. The van der Waals surface area contributed by atoms with Crippen molar-refractivity contribution in [3.8, 4) is 6.07 Å². The van der Waals surface area contributed by atoms with Crippen molar-refractivity contribution in [3.63, 3.8) is 0 Å². The summed E-state index contributed by atoms with van der Waals surface area (Å²) in [7, 11) is 0. The molecule has 0 spiro atoms. The molecule has 1 heterocycles. The molecule has 0 aliphatic rings. The number of H-pyrrole nitrogens is 1. The van der Waals surface area contributed by atoms with Crippen LogP contribution in [0.3, 0.4) is 0 Å². The fourth-order valence-corrected chi connectivity index (χ4v) is 2.67. The van der Waals surface area contributed by atoms with E-state index in [1.54, 1.807) is 12.1 Å². The summed E-state index contributed by atoms with van der Waals surface area (Å²) in [5.41, 5.74) is 1.76. The number of nitrogens with zero attached hydrogens (tertiary/aromatic N) is 2. The number of carbonyl (C=O) groups excluding carboxylic acids is 1. The van der Waals surface area contributed by atoms with Crippen LogP contribution in [0, 0.1) is 18.3 Å². The van der Waals surface area contributed by atoms with E-state index in [9.17, 15) is 9.59 Å². The van der Waals surface area contributed by atoms with E-state index in [1.807, 2.05) is 32.0 Å². The topological polar surface area (TPSA) is 86.6 Å². The Balaban J connectivity index is 2.13. The molecule has 1 aromatic carbocycles. The first-order chi connectivity index (χ1) is 10.5. The van der Waals surface area contributed by atoms with Crippen LogP contribution in [-0.2, 0) is 6.42 Å². The Kier molecular flexibility index (Phi) is 5.12. The number of rotatable bonds is 5. The second kappa shape index (κ2) is 7.05. The van der Waals surface area contributed by atoms with Crippen molar-refractivity contribution in [2.75, 3.05) is 5.75 Å². The summed E-state index contributed by atoms with van der Waals surface area (Å²) in [6, 6.07) is 9.19. The molecule has 6 heteroatoms. The zero-order valence-electron chi connectivity index (χ0n) is 12.3. The largest absolute Gasteiger partial charge is 0.300 e. The average Bonchev–Trinajstić information content (AvgIpc) is 2.52. The Labute approximate surface area is 132 Å². The molecule has 22 heavy (non-hydrogen) atoms. The predicted molar refractivity (Wildman–Crippen MR) is 85.2 cm³/mol. The molecule has 2 rings (SSSR count). The number of nitrogens with one attached hydrogen (secondary N) is 1. The summed E-state index contributed by atoms with van der Waals surface area (Å²) in [4.78, 5) is 30.7. The Hall–Kier alpha value is -2.39. The predicted octanol–water partition coefficient (Wildman–Crippen LogP) is 2.49. The van der Waals surface area contributed by atoms with Crippen LogP contribution in [0.4, 0.5) is 0 Å². The lowest BCUT2D eigenvalue weighted by Crippen LogP contribution is -2.16. The van der Waals surface area contributed by atoms with Crippen molar-refractivity contribution in [3.05, 3.63) is 57.0 Å². The van der Waals surface area contributed by atoms with Crippen LogP contribution in [0.1, 0.15) is 34.1 Å². The van der Waals surface area contributed by atoms with E-state index in [-0.39, 0.29) is 17.1 Å². The molecule has 112 valence electrons. The van der Waals surface area contributed by atoms with Crippen LogP contribution in [0.5, 0.6) is 0 Å². The lowest BCUT2D eigenvalue weighted by atomic mass is 10.1. The molecule has 0 bridgehead atoms. The van der Waals surface area contributed by atoms with Crippen molar-refractivity contribution in [2.24, 2.45) is 0 Å². The lowest BCUT2D eigenvalue weighted by molar-refractivity contribution is 0.102. The van der Waals surface area contributed by atoms with E-state index in [0.29, 0.717) is 22.8 Å². The summed E-state index contributed by atoms with van der Waals surface area (Å²) in [5.74, 6) is 0.149. The maximum absolute atomic E-state index is 12.1. The van der Waals surface area contributed by atoms with Gasteiger partial charge in [-0.15, -0.1) is 0 Å². The first-order valence-electron chi connectivity index (χ1n) is 6.81. The number of aromatic amines is 1. The van der Waals surface area contributed by atoms with Gasteiger partial charge in [-0.3, -0.25) is 9.59 Å². The van der Waals surface area contributed by atoms with E-state index in [1.165, 1.54) is 0 Å². The van der Waals surface area contributed by atoms with Crippen LogP contribution >= 0.6 is 11.8 Å². The van der Waals surface area contributed by atoms with E-state index >= 15 is 0 Å². The summed E-state index contributed by atoms with van der Waals surface area (Å²) < 4.78 is 0. The number of ketones is 1. The highest BCUT2D eigenvalue weighted by Gasteiger charge is 2.12. The van der Waals surface area contributed by atoms with Gasteiger partial charge < -0.3 is 4.98 Å². The van der Waals surface area contributed by atoms with Gasteiger partial charge in [0.2, 0.25) is 0 Å². The molecular weight excluding hydrogens is 298 g/mol. The maximum atomic E-state index is 12.1. The fourth-order valence-electron chi connectivity index (χ4n) is 1.89. The molecule has 0 radical (unpaired) electrons. The molecule has 5 nitrogen and oxygen atoms in total. The highest BCUT2D eigenvalue weighted by atomic mass is 32.2. The van der Waals surface area contributed by atoms with Gasteiger partial charge >= 0.3 is 0 Å². The molecule has 2 aromatic rings. The van der Waals surface area contributed by atoms with Crippen molar-refractivity contribution in [2.45, 2.75) is 25.4 Å². The van der Waals surface area contributed by atoms with Gasteiger partial charge in [-0.2, -0.15) is 5.26 Å². The van der Waals surface area contributed by atoms with Crippen LogP contribution in [-0.4, -0.2) is 21.5 Å². The van der Waals surface area contributed by atoms with Gasteiger partial charge in [0.15, 0.2) is 10.9 Å². The van der Waals surface area contributed by atoms with Gasteiger partial charge in [0, 0.05) is 5.56 Å². The van der Waals surface area contributed by atoms with Gasteiger partial charge in [-0.1, -0.05) is 48.5 Å². The third-order valence-corrected chi connectivity index (χ3v) is 4.01. The van der Waals surface area contributed by atoms with Crippen molar-refractivity contribution < 1.29 is 4.79 Å². The molecule has 1 N–H and O–H groups in total. The number of hydrogen-bond acceptors (Lipinski definition) is 5. The van der Waals surface area contributed by atoms with E-state index in [2.05, 4.69) is 9.97 Å². The highest BCUT2D eigenvalue weighted by Crippen LogP contribution is 2.15. The van der Waals surface area contributed by atoms with Gasteiger partial charge in [0.05, 0.1) is 11.4 Å². The van der Waals surface area contributed by atoms with Gasteiger partial charge in [0.1, 0.15) is 11.6 Å². The van der Waals surface area contributed by atoms with Gasteiger partial charge in [-0.05, 0) is 13.3 Å². The number of nitriles is 1. The van der Waals surface area contributed by atoms with Crippen molar-refractivity contribution in [1.29, 1.82) is 5.26 Å². The third kappa shape index (κ3) is 3.62. The zero-order chi connectivity index (χ0) is 16.1. The summed E-state index contributed by atoms with van der Waals surface area (Å²) >= 11 is 1.16. The van der Waals surface area contributed by atoms with Crippen molar-refractivity contribution >= 4 is 17.5 Å². The van der Waals surface area contributed by atoms with Crippen LogP contribution in [0.15, 0.2) is 34.2 Å². The van der Waals surface area contributed by atoms with E-state index in [0.717, 1.165) is 17.3 Å². The first kappa shape index (κ1) is 16.0. The Morgan fingerprint density at radius 3 is 2.64 bits per heavy atom. The smallest absolute Gasteiger partial charge is 0.269 e. The minimum Gasteiger partial charge on any atom is -0.300 e. The second-order valence-corrected chi connectivity index (χ2v) is 5.70. The molecule has 0 atom stereocenters. The second-order valence-electron chi connectivity index (χ2n) is 4.74. The standard InChI is InChI=1S/C16H15N3O2S/c1-3-13-12(8-17)15(21)19-16(18-13)22-9-14(20)11-6-4-10(2)5-7-11/h4-7H,3,9H2,1-2H3,(H,18,19,21). The molecule has 1 aromatic heterocycles. The molecule has 0 amide bonds. The number of carbonyl (C=O) groups is 1. The number of aromatic nitrogens is 2. The van der Waals surface area contributed by atoms with E-state index in [4.69, 9.17) is 5.26 Å². The van der Waals surface area contributed by atoms with Gasteiger partial charge in [0.25, 0.3) is 5.56 Å². The lowest BCUT2D eigenvalue weighted by Gasteiger charge is -2.04. The molecular formula is C16H15N3O2S. The fraction of sp³-hybridized carbons (Fsp3) is 0.250. The minimum atomic E-state index is -0.459. The highest BCUT2D eigenvalue weighted by molar-refractivity contribution is 7.99. The normalized spacial score (nSPS) is 10.2.